The van der Waals surface area contributed by atoms with Gasteiger partial charge in [-0.05, 0) is 42.0 Å². The van der Waals surface area contributed by atoms with E-state index in [-0.39, 0.29) is 5.82 Å². The third-order valence-corrected chi connectivity index (χ3v) is 4.67. The van der Waals surface area contributed by atoms with Crippen LogP contribution < -0.4 is 5.32 Å². The lowest BCUT2D eigenvalue weighted by atomic mass is 10.1. The molecule has 2 aromatic rings. The molecule has 0 spiro atoms. The summed E-state index contributed by atoms with van der Waals surface area (Å²) in [6, 6.07) is 10.0. The van der Waals surface area contributed by atoms with Gasteiger partial charge in [-0.2, -0.15) is 0 Å². The Morgan fingerprint density at radius 3 is 2.79 bits per heavy atom. The zero-order valence-corrected chi connectivity index (χ0v) is 11.7. The number of nitrogens with one attached hydrogen (secondary N) is 1. The number of benzene rings is 1. The largest absolute Gasteiger partial charge is 0.310 e. The van der Waals surface area contributed by atoms with E-state index < -0.39 is 0 Å². The summed E-state index contributed by atoms with van der Waals surface area (Å²) >= 11 is 1.58. The van der Waals surface area contributed by atoms with Crippen LogP contribution in [0.2, 0.25) is 0 Å². The molecular weight excluding hydrogens is 257 g/mol. The second-order valence-corrected chi connectivity index (χ2v) is 6.10. The van der Waals surface area contributed by atoms with E-state index in [4.69, 9.17) is 0 Å². The average molecular weight is 275 g/mol. The molecule has 0 unspecified atom stereocenters. The molecule has 0 saturated heterocycles. The van der Waals surface area contributed by atoms with Gasteiger partial charge in [0.05, 0.1) is 0 Å². The predicted octanol–water partition coefficient (Wildman–Crippen LogP) is 4.59. The van der Waals surface area contributed by atoms with Crippen molar-refractivity contribution in [3.63, 3.8) is 0 Å². The molecule has 1 fully saturated rings. The molecule has 0 radical (unpaired) electrons. The van der Waals surface area contributed by atoms with E-state index >= 15 is 0 Å². The van der Waals surface area contributed by atoms with Crippen LogP contribution in [0, 0.1) is 5.82 Å². The molecule has 3 rings (SSSR count). The lowest BCUT2D eigenvalue weighted by Crippen LogP contribution is -2.25. The quantitative estimate of drug-likeness (QED) is 0.860. The van der Waals surface area contributed by atoms with Crippen molar-refractivity contribution < 1.29 is 4.39 Å². The van der Waals surface area contributed by atoms with Crippen molar-refractivity contribution in [2.24, 2.45) is 0 Å². The lowest BCUT2D eigenvalue weighted by Gasteiger charge is -2.12. The molecule has 1 nitrogen and oxygen atoms in total. The van der Waals surface area contributed by atoms with E-state index in [0.29, 0.717) is 6.04 Å². The highest BCUT2D eigenvalue weighted by Gasteiger charge is 2.14. The van der Waals surface area contributed by atoms with Crippen LogP contribution in [-0.2, 0) is 6.54 Å². The highest BCUT2D eigenvalue weighted by atomic mass is 32.1. The fourth-order valence-corrected chi connectivity index (χ4v) is 3.44. The minimum absolute atomic E-state index is 0.132. The molecule has 1 aromatic carbocycles. The molecule has 0 bridgehead atoms. The smallest absolute Gasteiger partial charge is 0.131 e. The Kier molecular flexibility index (Phi) is 3.95. The molecule has 0 atom stereocenters. The van der Waals surface area contributed by atoms with Gasteiger partial charge in [0, 0.05) is 23.0 Å². The highest BCUT2D eigenvalue weighted by molar-refractivity contribution is 7.13. The summed E-state index contributed by atoms with van der Waals surface area (Å²) in [6.45, 7) is 0.837. The maximum Gasteiger partial charge on any atom is 0.131 e. The monoisotopic (exact) mass is 275 g/mol. The van der Waals surface area contributed by atoms with Crippen LogP contribution in [0.4, 0.5) is 4.39 Å². The summed E-state index contributed by atoms with van der Waals surface area (Å²) in [5.74, 6) is -0.132. The summed E-state index contributed by atoms with van der Waals surface area (Å²) in [4.78, 5) is 1.00. The standard InChI is InChI=1S/C16H18FNS/c17-15-8-7-12(11-18-13-4-1-2-5-13)10-14(15)16-6-3-9-19-16/h3,6-10,13,18H,1-2,4-5,11H2. The summed E-state index contributed by atoms with van der Waals surface area (Å²) in [7, 11) is 0. The Hall–Kier alpha value is -1.19. The van der Waals surface area contributed by atoms with E-state index in [9.17, 15) is 4.39 Å². The molecular formula is C16H18FNS. The second-order valence-electron chi connectivity index (χ2n) is 5.15. The molecule has 1 N–H and O–H groups in total. The molecule has 19 heavy (non-hydrogen) atoms. The normalized spacial score (nSPS) is 16.1. The predicted molar refractivity (Wildman–Crippen MR) is 78.8 cm³/mol. The summed E-state index contributed by atoms with van der Waals surface area (Å²) in [5, 5.41) is 5.56. The molecule has 3 heteroatoms. The molecule has 1 aromatic heterocycles. The maximum atomic E-state index is 13.9. The minimum atomic E-state index is -0.132. The Labute approximate surface area is 117 Å². The van der Waals surface area contributed by atoms with Gasteiger partial charge in [-0.3, -0.25) is 0 Å². The number of hydrogen-bond donors (Lipinski definition) is 1. The Morgan fingerprint density at radius 2 is 2.05 bits per heavy atom. The molecule has 1 aliphatic carbocycles. The van der Waals surface area contributed by atoms with E-state index in [0.717, 1.165) is 22.5 Å². The van der Waals surface area contributed by atoms with Crippen LogP contribution in [0.3, 0.4) is 0 Å². The molecule has 1 aliphatic rings. The Balaban J connectivity index is 1.73. The van der Waals surface area contributed by atoms with Crippen LogP contribution in [0.1, 0.15) is 31.2 Å². The first-order chi connectivity index (χ1) is 9.33. The van der Waals surface area contributed by atoms with E-state index in [1.165, 1.54) is 25.7 Å². The number of halogens is 1. The van der Waals surface area contributed by atoms with Crippen molar-refractivity contribution in [3.05, 3.63) is 47.1 Å². The van der Waals surface area contributed by atoms with Crippen LogP contribution in [0.25, 0.3) is 10.4 Å². The fourth-order valence-electron chi connectivity index (χ4n) is 2.70. The van der Waals surface area contributed by atoms with Gasteiger partial charge in [-0.1, -0.05) is 25.0 Å². The molecule has 1 saturated carbocycles. The van der Waals surface area contributed by atoms with Crippen molar-refractivity contribution in [1.29, 1.82) is 0 Å². The first-order valence-electron chi connectivity index (χ1n) is 6.88. The average Bonchev–Trinajstić information content (AvgIpc) is 3.11. The van der Waals surface area contributed by atoms with Gasteiger partial charge in [-0.25, -0.2) is 4.39 Å². The first-order valence-corrected chi connectivity index (χ1v) is 7.76. The van der Waals surface area contributed by atoms with Gasteiger partial charge >= 0.3 is 0 Å². The van der Waals surface area contributed by atoms with Crippen LogP contribution in [0.5, 0.6) is 0 Å². The Morgan fingerprint density at radius 1 is 1.21 bits per heavy atom. The lowest BCUT2D eigenvalue weighted by molar-refractivity contribution is 0.524. The zero-order chi connectivity index (χ0) is 13.1. The van der Waals surface area contributed by atoms with Gasteiger partial charge in [-0.15, -0.1) is 11.3 Å². The molecule has 100 valence electrons. The van der Waals surface area contributed by atoms with Crippen LogP contribution in [-0.4, -0.2) is 6.04 Å². The third kappa shape index (κ3) is 3.04. The summed E-state index contributed by atoms with van der Waals surface area (Å²) in [5.41, 5.74) is 1.89. The van der Waals surface area contributed by atoms with Gasteiger partial charge in [0.15, 0.2) is 0 Å². The van der Waals surface area contributed by atoms with E-state index in [1.807, 2.05) is 29.6 Å². The highest BCUT2D eigenvalue weighted by Crippen LogP contribution is 2.28. The summed E-state index contributed by atoms with van der Waals surface area (Å²) in [6.07, 6.45) is 5.22. The van der Waals surface area contributed by atoms with Gasteiger partial charge in [0.2, 0.25) is 0 Å². The van der Waals surface area contributed by atoms with E-state index in [1.54, 1.807) is 17.4 Å². The number of thiophene rings is 1. The fraction of sp³-hybridized carbons (Fsp3) is 0.375. The second kappa shape index (κ2) is 5.85. The molecule has 1 heterocycles. The van der Waals surface area contributed by atoms with Gasteiger partial charge in [0.25, 0.3) is 0 Å². The van der Waals surface area contributed by atoms with Crippen LogP contribution in [0.15, 0.2) is 35.7 Å². The van der Waals surface area contributed by atoms with Gasteiger partial charge in [0.1, 0.15) is 5.82 Å². The summed E-state index contributed by atoms with van der Waals surface area (Å²) < 4.78 is 13.9. The van der Waals surface area contributed by atoms with Crippen molar-refractivity contribution >= 4 is 11.3 Å². The van der Waals surface area contributed by atoms with Crippen molar-refractivity contribution in [2.45, 2.75) is 38.3 Å². The SMILES string of the molecule is Fc1ccc(CNC2CCCC2)cc1-c1cccs1. The Bertz CT molecular complexity index is 530. The van der Waals surface area contributed by atoms with Crippen molar-refractivity contribution in [1.82, 2.24) is 5.32 Å². The minimum Gasteiger partial charge on any atom is -0.310 e. The third-order valence-electron chi connectivity index (χ3n) is 3.77. The number of hydrogen-bond acceptors (Lipinski definition) is 2. The molecule has 0 amide bonds. The van der Waals surface area contributed by atoms with Crippen LogP contribution >= 0.6 is 11.3 Å². The first kappa shape index (κ1) is 12.8. The maximum absolute atomic E-state index is 13.9. The van der Waals surface area contributed by atoms with E-state index in [2.05, 4.69) is 5.32 Å². The zero-order valence-electron chi connectivity index (χ0n) is 10.9. The topological polar surface area (TPSA) is 12.0 Å². The van der Waals surface area contributed by atoms with Crippen molar-refractivity contribution in [2.75, 3.05) is 0 Å². The van der Waals surface area contributed by atoms with Gasteiger partial charge < -0.3 is 5.32 Å². The number of rotatable bonds is 4. The molecule has 0 aliphatic heterocycles. The van der Waals surface area contributed by atoms with Crippen molar-refractivity contribution in [3.8, 4) is 10.4 Å².